The summed E-state index contributed by atoms with van der Waals surface area (Å²) in [6.07, 6.45) is 12.7. The number of H-pyrrole nitrogens is 5. The molecule has 5 aliphatic heterocycles. The van der Waals surface area contributed by atoms with Crippen molar-refractivity contribution in [2.24, 2.45) is 29.6 Å². The van der Waals surface area contributed by atoms with Crippen LogP contribution in [0.3, 0.4) is 0 Å². The zero-order valence-corrected chi connectivity index (χ0v) is 72.4. The number of allylic oxidation sites excluding steroid dienone is 6. The van der Waals surface area contributed by atoms with Crippen molar-refractivity contribution in [2.75, 3.05) is 60.1 Å². The van der Waals surface area contributed by atoms with E-state index in [2.05, 4.69) is 109 Å². The number of nitro groups is 2. The molecule has 0 spiro atoms. The van der Waals surface area contributed by atoms with Crippen LogP contribution < -0.4 is 31.3 Å². The zero-order valence-electron chi connectivity index (χ0n) is 70.8. The molecule has 125 heavy (non-hydrogen) atoms. The van der Waals surface area contributed by atoms with Crippen LogP contribution in [0.5, 0.6) is 5.75 Å². The molecule has 18 rings (SSSR count). The molecule has 5 aromatic carbocycles. The third-order valence-corrected chi connectivity index (χ3v) is 23.1. The first kappa shape index (κ1) is 87.1. The molecule has 2 fully saturated rings. The Kier molecular flexibility index (Phi) is 26.5. The largest absolute Gasteiger partial charge is 0.496 e. The topological polar surface area (TPSA) is 448 Å². The van der Waals surface area contributed by atoms with Gasteiger partial charge in [0.25, 0.3) is 11.4 Å². The Hall–Kier alpha value is -14.3. The maximum absolute atomic E-state index is 12.9. The summed E-state index contributed by atoms with van der Waals surface area (Å²) in [7, 11) is 1.63. The lowest BCUT2D eigenvalue weighted by Gasteiger charge is -2.31. The average Bonchev–Trinajstić information content (AvgIpc) is 1.69. The number of rotatable bonds is 21. The summed E-state index contributed by atoms with van der Waals surface area (Å²) in [4.78, 5) is 77.5. The lowest BCUT2D eigenvalue weighted by Crippen LogP contribution is -2.27. The van der Waals surface area contributed by atoms with E-state index < -0.39 is 22.7 Å². The normalized spacial score (nSPS) is 17.6. The molecule has 5 atom stereocenters. The number of ether oxygens (including phenoxy) is 5. The number of nitrogens with zero attached hydrogens (tertiary/aromatic N) is 10. The molecule has 2 saturated carbocycles. The number of carbonyl (C=O) groups excluding carboxylic acids is 4. The van der Waals surface area contributed by atoms with Crippen LogP contribution in [0.2, 0.25) is 0 Å². The summed E-state index contributed by atoms with van der Waals surface area (Å²) >= 11 is 3.63. The molecule has 11 heterocycles. The number of carbonyl (C=O) groups is 4. The monoisotopic (exact) mass is 1760 g/mol. The zero-order chi connectivity index (χ0) is 88.6. The quantitative estimate of drug-likeness (QED) is 0.0105. The van der Waals surface area contributed by atoms with Gasteiger partial charge in [0.1, 0.15) is 45.9 Å². The number of aryl methyl sites for hydroxylation is 1. The van der Waals surface area contributed by atoms with Gasteiger partial charge in [-0.15, -0.1) is 0 Å². The van der Waals surface area contributed by atoms with Crippen molar-refractivity contribution in [1.29, 1.82) is 0 Å². The highest BCUT2D eigenvalue weighted by Crippen LogP contribution is 2.54. The van der Waals surface area contributed by atoms with Crippen molar-refractivity contribution in [3.8, 4) is 5.75 Å². The molecule has 0 radical (unpaired) electrons. The lowest BCUT2D eigenvalue weighted by atomic mass is 9.80. The minimum absolute atomic E-state index is 0.0175. The van der Waals surface area contributed by atoms with Crippen molar-refractivity contribution >= 4 is 91.3 Å². The molecule has 0 bridgehead atoms. The highest BCUT2D eigenvalue weighted by molar-refractivity contribution is 9.10. The Morgan fingerprint density at radius 3 is 1.30 bits per heavy atom. The number of benzene rings is 5. The van der Waals surface area contributed by atoms with Gasteiger partial charge < -0.3 is 50.3 Å². The summed E-state index contributed by atoms with van der Waals surface area (Å²) in [5, 5.41) is 83.0. The van der Waals surface area contributed by atoms with Gasteiger partial charge in [0, 0.05) is 95.0 Å². The van der Waals surface area contributed by atoms with Crippen molar-refractivity contribution in [1.82, 2.24) is 61.3 Å². The number of halogens is 1. The number of aromatic amines is 5. The number of methoxy groups -OCH3 is 1. The molecule has 5 unspecified atom stereocenters. The lowest BCUT2D eigenvalue weighted by molar-refractivity contribution is -0.386. The Labute approximate surface area is 726 Å². The van der Waals surface area contributed by atoms with E-state index in [4.69, 9.17) is 34.9 Å². The van der Waals surface area contributed by atoms with Gasteiger partial charge in [-0.05, 0) is 130 Å². The second-order valence-electron chi connectivity index (χ2n) is 31.2. The standard InChI is InChI=1S/C19H23N3O3.C18H18BrN3O2.C18H19N5O3.C18H20N4O4.C17H15N5O2/c1-5-25-19(23)16-15(12-8-6-7-9-14(12)24-4)13-10-20-22-18(13)21-17(16)11(2)3;1-2-24-18(23)15-14(11-5-3-4-6-13(11)19)12-9-20-22-17(12)21-16(15)10-7-8-10;1-4-25-18(24)14-13(10-6-5-7-12-16(10)23-26-22-12)11-8-19-21-17(11)20-15(14)9(2)3;1-4-26-18(23)15-14(11-7-5-6-8-13(11)22(24)25)12-9-19-21-17(12)20-16(15)10(2)3;1-9-4-3-5-11(16(9)22(23)24)13-12-8-19-21-17(12)20-14(10-6-7-10)15(13)18-2/h6-11,15H,5H2,1-4H3,(H2,20,21,22);3-6,9-10,14H,2,7-8H2,1H3,(H2,20,21,22);5-9,13H,4H2,1-3H3,(H2,19,20,21);5-10,14H,4H2,1-3H3,(H2,19,20,21);3-5,8,10,13H,6-7H2,1H3,(H2,19,20,21). The van der Waals surface area contributed by atoms with Gasteiger partial charge in [0.05, 0.1) is 127 Å². The van der Waals surface area contributed by atoms with Gasteiger partial charge in [-0.3, -0.25) is 45.7 Å². The molecular weight excluding hydrogens is 1670 g/mol. The SMILES string of the molecule is CCOC(=O)C1=C(C(C)C)Nc2[nH]ncc2C1c1cccc2nonc12.CCOC(=O)C1=C(C(C)C)Nc2[nH]ncc2C1c1ccccc1OC.CCOC(=O)C1=C(C(C)C)Nc2[nH]ncc2C1c1ccccc1[N+](=O)[O-].CCOC(=O)C1=C(C2CC2)Nc2[nH]ncc2C1c1ccccc1Br.[C-]#[N+]C1=C(C2CC2)Nc2[nH]ncc2C1c1cccc(C)c1[N+](=O)[O-]. The maximum atomic E-state index is 12.9. The van der Waals surface area contributed by atoms with Crippen LogP contribution in [0.1, 0.15) is 186 Å². The van der Waals surface area contributed by atoms with Gasteiger partial charge in [-0.1, -0.05) is 142 Å². The summed E-state index contributed by atoms with van der Waals surface area (Å²) in [6.45, 7) is 29.8. The first-order valence-corrected chi connectivity index (χ1v) is 42.1. The summed E-state index contributed by atoms with van der Waals surface area (Å²) < 4.78 is 32.8. The van der Waals surface area contributed by atoms with Gasteiger partial charge in [-0.25, -0.2) is 28.7 Å². The van der Waals surface area contributed by atoms with Crippen molar-refractivity contribution < 1.29 is 57.3 Å². The van der Waals surface area contributed by atoms with Crippen LogP contribution >= 0.6 is 15.9 Å². The molecule has 646 valence electrons. The molecular formula is C90H95BrN20O14. The van der Waals surface area contributed by atoms with E-state index >= 15 is 0 Å². The van der Waals surface area contributed by atoms with Crippen LogP contribution in [-0.2, 0) is 38.1 Å². The number of esters is 4. The Balaban J connectivity index is 0.000000127. The highest BCUT2D eigenvalue weighted by atomic mass is 79.9. The first-order valence-electron chi connectivity index (χ1n) is 41.3. The van der Waals surface area contributed by atoms with Crippen molar-refractivity contribution in [3.63, 3.8) is 0 Å². The minimum atomic E-state index is -0.636. The number of anilines is 5. The Morgan fingerprint density at radius 1 is 0.464 bits per heavy atom. The maximum Gasteiger partial charge on any atom is 0.336 e. The number of hydrogen-bond acceptors (Lipinski definition) is 26. The fourth-order valence-electron chi connectivity index (χ4n) is 16.6. The third kappa shape index (κ3) is 17.6. The van der Waals surface area contributed by atoms with Crippen LogP contribution in [0.4, 0.5) is 40.5 Å². The molecule has 6 aromatic heterocycles. The average molecular weight is 1760 g/mol. The van der Waals surface area contributed by atoms with Crippen LogP contribution in [0, 0.1) is 63.3 Å². The summed E-state index contributed by atoms with van der Waals surface area (Å²) in [5.74, 6) is 2.05. The number of hydrogen-bond donors (Lipinski definition) is 10. The van der Waals surface area contributed by atoms with E-state index in [1.807, 2.05) is 122 Å². The van der Waals surface area contributed by atoms with Gasteiger partial charge in [-0.2, -0.15) is 25.5 Å². The molecule has 11 aromatic rings. The molecule has 0 saturated heterocycles. The second-order valence-corrected chi connectivity index (χ2v) is 32.1. The van der Waals surface area contributed by atoms with Crippen LogP contribution in [-0.4, -0.2) is 129 Å². The van der Waals surface area contributed by atoms with Crippen molar-refractivity contribution in [2.45, 2.75) is 131 Å². The number of fused-ring (bicyclic) bond motifs is 6. The van der Waals surface area contributed by atoms with Crippen LogP contribution in [0.25, 0.3) is 15.9 Å². The summed E-state index contributed by atoms with van der Waals surface area (Å²) in [5.41, 5.74) is 16.8. The van der Waals surface area contributed by atoms with Gasteiger partial charge in [0.2, 0.25) is 0 Å². The fourth-order valence-corrected chi connectivity index (χ4v) is 17.1. The smallest absolute Gasteiger partial charge is 0.336 e. The number of para-hydroxylation sites is 3. The number of aromatic nitrogens is 12. The van der Waals surface area contributed by atoms with Gasteiger partial charge in [0.15, 0.2) is 5.70 Å². The molecule has 35 heteroatoms. The van der Waals surface area contributed by atoms with E-state index in [9.17, 15) is 39.4 Å². The van der Waals surface area contributed by atoms with Crippen LogP contribution in [0.15, 0.2) is 206 Å². The predicted molar refractivity (Wildman–Crippen MR) is 468 cm³/mol. The number of nitro benzene ring substituents is 2. The summed E-state index contributed by atoms with van der Waals surface area (Å²) in [6, 6.07) is 33.1. The second kappa shape index (κ2) is 38.0. The minimum Gasteiger partial charge on any atom is -0.496 e. The van der Waals surface area contributed by atoms with E-state index in [-0.39, 0.29) is 76.3 Å². The molecule has 0 amide bonds. The molecule has 2 aliphatic carbocycles. The Bertz CT molecular complexity index is 6140. The van der Waals surface area contributed by atoms with E-state index in [1.54, 1.807) is 95.3 Å². The van der Waals surface area contributed by atoms with E-state index in [0.717, 1.165) is 121 Å². The third-order valence-electron chi connectivity index (χ3n) is 22.4. The molecule has 7 aliphatic rings. The number of nitrogens with one attached hydrogen (secondary N) is 10. The molecule has 34 nitrogen and oxygen atoms in total. The highest BCUT2D eigenvalue weighted by Gasteiger charge is 2.46. The predicted octanol–water partition coefficient (Wildman–Crippen LogP) is 17.5. The first-order chi connectivity index (χ1) is 60.5. The van der Waals surface area contributed by atoms with E-state index in [1.165, 1.54) is 6.07 Å². The van der Waals surface area contributed by atoms with E-state index in [0.29, 0.717) is 104 Å². The van der Waals surface area contributed by atoms with Gasteiger partial charge >= 0.3 is 23.9 Å². The Morgan fingerprint density at radius 2 is 0.848 bits per heavy atom. The fraction of sp³-hybridized carbons (Fsp3) is 0.333. The molecule has 10 N–H and O–H groups in total. The van der Waals surface area contributed by atoms with Crippen molar-refractivity contribution in [3.05, 3.63) is 294 Å².